The summed E-state index contributed by atoms with van der Waals surface area (Å²) >= 11 is 7.26. The fourth-order valence-corrected chi connectivity index (χ4v) is 4.50. The number of hydrogen-bond donors (Lipinski definition) is 3. The van der Waals surface area contributed by atoms with Gasteiger partial charge in [0.1, 0.15) is 5.70 Å². The molecule has 0 saturated heterocycles. The number of rotatable bonds is 9. The number of pyridine rings is 1. The van der Waals surface area contributed by atoms with Crippen molar-refractivity contribution in [2.24, 2.45) is 0 Å². The van der Waals surface area contributed by atoms with E-state index in [9.17, 15) is 14.4 Å². The third kappa shape index (κ3) is 8.29. The molecule has 4 rings (SSSR count). The highest BCUT2D eigenvalue weighted by molar-refractivity contribution is 8.00. The number of aromatic nitrogens is 1. The van der Waals surface area contributed by atoms with Crippen molar-refractivity contribution in [2.45, 2.75) is 17.1 Å². The number of carbonyl (C=O) groups excluding carboxylic acids is 3. The van der Waals surface area contributed by atoms with E-state index in [0.29, 0.717) is 27.5 Å². The molecule has 3 aromatic carbocycles. The summed E-state index contributed by atoms with van der Waals surface area (Å²) in [5.74, 6) is -1.08. The van der Waals surface area contributed by atoms with E-state index in [1.165, 1.54) is 11.8 Å². The first kappa shape index (κ1) is 27.6. The molecule has 196 valence electrons. The van der Waals surface area contributed by atoms with Gasteiger partial charge in [-0.3, -0.25) is 19.4 Å². The van der Waals surface area contributed by atoms with Gasteiger partial charge in [-0.2, -0.15) is 0 Å². The fraction of sp³-hybridized carbons (Fsp3) is 0.0667. The van der Waals surface area contributed by atoms with Gasteiger partial charge in [-0.1, -0.05) is 41.9 Å². The van der Waals surface area contributed by atoms with E-state index in [1.54, 1.807) is 104 Å². The zero-order valence-electron chi connectivity index (χ0n) is 20.9. The Labute approximate surface area is 235 Å². The van der Waals surface area contributed by atoms with Gasteiger partial charge in [-0.25, -0.2) is 0 Å². The minimum atomic E-state index is -0.501. The van der Waals surface area contributed by atoms with Gasteiger partial charge in [-0.15, -0.1) is 11.8 Å². The Bertz CT molecular complexity index is 1480. The van der Waals surface area contributed by atoms with Crippen molar-refractivity contribution in [1.82, 2.24) is 10.3 Å². The molecule has 1 aromatic heterocycles. The van der Waals surface area contributed by atoms with Crippen LogP contribution in [-0.4, -0.2) is 28.0 Å². The quantitative estimate of drug-likeness (QED) is 0.167. The van der Waals surface area contributed by atoms with Crippen LogP contribution in [0.2, 0.25) is 5.02 Å². The second-order valence-electron chi connectivity index (χ2n) is 8.40. The normalized spacial score (nSPS) is 11.8. The molecule has 3 amide bonds. The highest BCUT2D eigenvalue weighted by Crippen LogP contribution is 2.27. The number of benzene rings is 3. The predicted octanol–water partition coefficient (Wildman–Crippen LogP) is 6.26. The monoisotopic (exact) mass is 556 g/mol. The first-order valence-electron chi connectivity index (χ1n) is 12.0. The van der Waals surface area contributed by atoms with E-state index < -0.39 is 17.1 Å². The maximum absolute atomic E-state index is 13.3. The largest absolute Gasteiger partial charge is 0.325 e. The van der Waals surface area contributed by atoms with Crippen molar-refractivity contribution in [3.63, 3.8) is 0 Å². The van der Waals surface area contributed by atoms with Crippen molar-refractivity contribution in [3.8, 4) is 0 Å². The molecule has 0 aliphatic carbocycles. The fourth-order valence-electron chi connectivity index (χ4n) is 3.45. The molecule has 39 heavy (non-hydrogen) atoms. The van der Waals surface area contributed by atoms with Crippen LogP contribution >= 0.6 is 23.4 Å². The van der Waals surface area contributed by atoms with E-state index in [4.69, 9.17) is 11.6 Å². The standard InChI is InChI=1S/C30H25ClN4O3S/c1-20(28(36)33-24-14-12-23(31)13-15-24)39-26-11-5-10-25(18-26)34-30(38)27(17-21-7-6-16-32-19-21)35-29(37)22-8-3-2-4-9-22/h2-20H,1H3,(H,33,36)(H,34,38)(H,35,37)/b27-17-. The molecule has 0 spiro atoms. The van der Waals surface area contributed by atoms with Crippen LogP contribution in [-0.2, 0) is 9.59 Å². The molecular weight excluding hydrogens is 532 g/mol. The zero-order valence-corrected chi connectivity index (χ0v) is 22.5. The Morgan fingerprint density at radius 3 is 2.36 bits per heavy atom. The van der Waals surface area contributed by atoms with Crippen molar-refractivity contribution < 1.29 is 14.4 Å². The number of halogens is 1. The molecule has 0 fully saturated rings. The molecule has 1 unspecified atom stereocenters. The first-order valence-corrected chi connectivity index (χ1v) is 13.3. The predicted molar refractivity (Wildman–Crippen MR) is 157 cm³/mol. The molecule has 9 heteroatoms. The van der Waals surface area contributed by atoms with Gasteiger partial charge in [-0.05, 0) is 79.2 Å². The van der Waals surface area contributed by atoms with Gasteiger partial charge in [0.05, 0.1) is 5.25 Å². The number of amides is 3. The summed E-state index contributed by atoms with van der Waals surface area (Å²) < 4.78 is 0. The molecule has 0 aliphatic heterocycles. The first-order chi connectivity index (χ1) is 18.9. The van der Waals surface area contributed by atoms with Crippen molar-refractivity contribution in [2.75, 3.05) is 10.6 Å². The lowest BCUT2D eigenvalue weighted by molar-refractivity contribution is -0.115. The van der Waals surface area contributed by atoms with Crippen LogP contribution in [0.3, 0.4) is 0 Å². The summed E-state index contributed by atoms with van der Waals surface area (Å²) in [6.45, 7) is 1.80. The third-order valence-electron chi connectivity index (χ3n) is 5.41. The molecule has 0 aliphatic rings. The lowest BCUT2D eigenvalue weighted by atomic mass is 10.2. The summed E-state index contributed by atoms with van der Waals surface area (Å²) in [6, 6.07) is 26.2. The Balaban J connectivity index is 1.45. The molecular formula is C30H25ClN4O3S. The van der Waals surface area contributed by atoms with Gasteiger partial charge in [0, 0.05) is 39.3 Å². The molecule has 4 aromatic rings. The summed E-state index contributed by atoms with van der Waals surface area (Å²) in [6.07, 6.45) is 4.78. The highest BCUT2D eigenvalue weighted by atomic mass is 35.5. The van der Waals surface area contributed by atoms with Crippen LogP contribution in [0, 0.1) is 0 Å². The zero-order chi connectivity index (χ0) is 27.6. The van der Waals surface area contributed by atoms with Crippen molar-refractivity contribution >= 4 is 58.5 Å². The van der Waals surface area contributed by atoms with Gasteiger partial charge < -0.3 is 16.0 Å². The number of carbonyl (C=O) groups is 3. The minimum absolute atomic E-state index is 0.0608. The van der Waals surface area contributed by atoms with Crippen LogP contribution in [0.25, 0.3) is 6.08 Å². The molecule has 3 N–H and O–H groups in total. The Kier molecular flexibility index (Phi) is 9.50. The van der Waals surface area contributed by atoms with Crippen molar-refractivity contribution in [1.29, 1.82) is 0 Å². The third-order valence-corrected chi connectivity index (χ3v) is 6.76. The number of thioether (sulfide) groups is 1. The summed E-state index contributed by atoms with van der Waals surface area (Å²) in [7, 11) is 0. The van der Waals surface area contributed by atoms with Crippen LogP contribution in [0.4, 0.5) is 11.4 Å². The topological polar surface area (TPSA) is 100 Å². The summed E-state index contributed by atoms with van der Waals surface area (Å²) in [5, 5.41) is 8.59. The number of nitrogens with zero attached hydrogens (tertiary/aromatic N) is 1. The van der Waals surface area contributed by atoms with Crippen LogP contribution < -0.4 is 16.0 Å². The van der Waals surface area contributed by atoms with Crippen LogP contribution in [0.15, 0.2) is 114 Å². The van der Waals surface area contributed by atoms with E-state index in [1.807, 2.05) is 12.1 Å². The smallest absolute Gasteiger partial charge is 0.272 e. The number of anilines is 2. The van der Waals surface area contributed by atoms with Crippen LogP contribution in [0.5, 0.6) is 0 Å². The van der Waals surface area contributed by atoms with Crippen LogP contribution in [0.1, 0.15) is 22.8 Å². The lowest BCUT2D eigenvalue weighted by Crippen LogP contribution is -2.30. The van der Waals surface area contributed by atoms with E-state index >= 15 is 0 Å². The number of hydrogen-bond acceptors (Lipinski definition) is 5. The highest BCUT2D eigenvalue weighted by Gasteiger charge is 2.17. The molecule has 0 radical (unpaired) electrons. The van der Waals surface area contributed by atoms with Gasteiger partial charge in [0.25, 0.3) is 11.8 Å². The molecule has 1 atom stereocenters. The molecule has 0 saturated carbocycles. The average Bonchev–Trinajstić information content (AvgIpc) is 2.95. The van der Waals surface area contributed by atoms with Gasteiger partial charge in [0.2, 0.25) is 5.91 Å². The summed E-state index contributed by atoms with van der Waals surface area (Å²) in [4.78, 5) is 43.6. The SMILES string of the molecule is CC(Sc1cccc(NC(=O)/C(=C/c2cccnc2)NC(=O)c2ccccc2)c1)C(=O)Nc1ccc(Cl)cc1. The van der Waals surface area contributed by atoms with E-state index in [2.05, 4.69) is 20.9 Å². The Morgan fingerprint density at radius 2 is 1.64 bits per heavy atom. The number of nitrogens with one attached hydrogen (secondary N) is 3. The maximum Gasteiger partial charge on any atom is 0.272 e. The van der Waals surface area contributed by atoms with Gasteiger partial charge >= 0.3 is 0 Å². The second kappa shape index (κ2) is 13.4. The second-order valence-corrected chi connectivity index (χ2v) is 10.3. The summed E-state index contributed by atoms with van der Waals surface area (Å²) in [5.41, 5.74) is 2.31. The minimum Gasteiger partial charge on any atom is -0.325 e. The van der Waals surface area contributed by atoms with Gasteiger partial charge in [0.15, 0.2) is 0 Å². The van der Waals surface area contributed by atoms with Crippen molar-refractivity contribution in [3.05, 3.63) is 125 Å². The van der Waals surface area contributed by atoms with E-state index in [0.717, 1.165) is 4.90 Å². The molecule has 1 heterocycles. The maximum atomic E-state index is 13.3. The Morgan fingerprint density at radius 1 is 0.872 bits per heavy atom. The molecule has 7 nitrogen and oxygen atoms in total. The lowest BCUT2D eigenvalue weighted by Gasteiger charge is -2.14. The molecule has 0 bridgehead atoms. The Hall–Kier alpha value is -4.40. The average molecular weight is 557 g/mol. The van der Waals surface area contributed by atoms with E-state index in [-0.39, 0.29) is 11.6 Å².